The van der Waals surface area contributed by atoms with E-state index in [2.05, 4.69) is 47.9 Å². The maximum absolute atomic E-state index is 11.5. The van der Waals surface area contributed by atoms with Gasteiger partial charge < -0.3 is 10.0 Å². The van der Waals surface area contributed by atoms with E-state index < -0.39 is 12.0 Å². The van der Waals surface area contributed by atoms with E-state index in [1.165, 1.54) is 37.1 Å². The molecule has 2 fully saturated rings. The highest BCUT2D eigenvalue weighted by atomic mass is 16.4. The lowest BCUT2D eigenvalue weighted by Crippen LogP contribution is -2.42. The van der Waals surface area contributed by atoms with Gasteiger partial charge in [0, 0.05) is 12.6 Å². The van der Waals surface area contributed by atoms with Crippen molar-refractivity contribution in [1.29, 1.82) is 0 Å². The zero-order valence-corrected chi connectivity index (χ0v) is 17.4. The fraction of sp³-hybridized carbons (Fsp3) is 0.696. The highest BCUT2D eigenvalue weighted by Gasteiger charge is 2.40. The largest absolute Gasteiger partial charge is 0.480 e. The van der Waals surface area contributed by atoms with E-state index in [9.17, 15) is 9.90 Å². The average Bonchev–Trinajstić information content (AvgIpc) is 3.06. The van der Waals surface area contributed by atoms with E-state index in [0.717, 1.165) is 25.3 Å². The van der Waals surface area contributed by atoms with E-state index in [1.54, 1.807) is 0 Å². The number of rotatable bonds is 6. The molecule has 1 aromatic carbocycles. The lowest BCUT2D eigenvalue weighted by atomic mass is 9.87. The van der Waals surface area contributed by atoms with Crippen LogP contribution in [0.4, 0.5) is 0 Å². The summed E-state index contributed by atoms with van der Waals surface area (Å²) in [7, 11) is 1.99. The third-order valence-corrected chi connectivity index (χ3v) is 7.05. The van der Waals surface area contributed by atoms with Crippen LogP contribution in [0.25, 0.3) is 0 Å². The summed E-state index contributed by atoms with van der Waals surface area (Å²) in [6.45, 7) is 9.91. The van der Waals surface area contributed by atoms with Crippen LogP contribution in [0.15, 0.2) is 24.3 Å². The van der Waals surface area contributed by atoms with Crippen molar-refractivity contribution in [2.24, 2.45) is 11.8 Å². The molecular formula is C23H36N2O2. The number of hydrogen-bond donors (Lipinski definition) is 1. The molecule has 150 valence electrons. The Hall–Kier alpha value is -1.39. The Balaban J connectivity index is 1.75. The maximum Gasteiger partial charge on any atom is 0.320 e. The van der Waals surface area contributed by atoms with Crippen molar-refractivity contribution in [1.82, 2.24) is 9.80 Å². The van der Waals surface area contributed by atoms with Gasteiger partial charge >= 0.3 is 5.97 Å². The second kappa shape index (κ2) is 8.74. The first-order valence-electron chi connectivity index (χ1n) is 10.6. The quantitative estimate of drug-likeness (QED) is 0.820. The molecule has 4 atom stereocenters. The summed E-state index contributed by atoms with van der Waals surface area (Å²) in [5.41, 5.74) is 2.75. The summed E-state index contributed by atoms with van der Waals surface area (Å²) in [6, 6.07) is 8.85. The van der Waals surface area contributed by atoms with E-state index >= 15 is 0 Å². The lowest BCUT2D eigenvalue weighted by Gasteiger charge is -2.34. The molecule has 1 aromatic rings. The van der Waals surface area contributed by atoms with Gasteiger partial charge in [-0.15, -0.1) is 0 Å². The molecule has 1 N–H and O–H groups in total. The van der Waals surface area contributed by atoms with E-state index in [4.69, 9.17) is 0 Å². The minimum Gasteiger partial charge on any atom is -0.480 e. The number of carboxylic acid groups (broad SMARTS) is 1. The second-order valence-corrected chi connectivity index (χ2v) is 9.07. The van der Waals surface area contributed by atoms with Crippen molar-refractivity contribution in [3.8, 4) is 0 Å². The first-order chi connectivity index (χ1) is 12.8. The molecule has 1 saturated carbocycles. The van der Waals surface area contributed by atoms with Crippen LogP contribution in [0.5, 0.6) is 0 Å². The van der Waals surface area contributed by atoms with Crippen molar-refractivity contribution in [2.45, 2.75) is 64.5 Å². The van der Waals surface area contributed by atoms with Gasteiger partial charge in [-0.25, -0.2) is 0 Å². The normalized spacial score (nSPS) is 28.6. The Bertz CT molecular complexity index is 639. The van der Waals surface area contributed by atoms with Crippen LogP contribution >= 0.6 is 0 Å². The standard InChI is InChI=1S/C23H36N2O2/c1-16-8-10-25(11-9-16)15-20-13-21(24(4)18(3)23(26)27)14-22(20)19-7-5-6-17(2)12-19/h5-7,12,16,18,20-22H,8-11,13-15H2,1-4H3,(H,26,27)/t18-,20-,21?,22-/m1/s1. The number of carboxylic acids is 1. The Labute approximate surface area is 164 Å². The zero-order chi connectivity index (χ0) is 19.6. The van der Waals surface area contributed by atoms with Crippen molar-refractivity contribution in [3.63, 3.8) is 0 Å². The number of nitrogens with zero attached hydrogens (tertiary/aromatic N) is 2. The molecule has 27 heavy (non-hydrogen) atoms. The highest BCUT2D eigenvalue weighted by molar-refractivity contribution is 5.72. The van der Waals surface area contributed by atoms with Crippen LogP contribution < -0.4 is 0 Å². The molecule has 1 saturated heterocycles. The minimum absolute atomic E-state index is 0.343. The molecule has 3 rings (SSSR count). The summed E-state index contributed by atoms with van der Waals surface area (Å²) in [5.74, 6) is 1.26. The Morgan fingerprint density at radius 1 is 1.30 bits per heavy atom. The number of likely N-dealkylation sites (tertiary alicyclic amines) is 1. The number of aliphatic carboxylic acids is 1. The molecule has 0 aromatic heterocycles. The fourth-order valence-electron chi connectivity index (χ4n) is 5.01. The molecule has 0 bridgehead atoms. The van der Waals surface area contributed by atoms with Gasteiger partial charge in [-0.2, -0.15) is 0 Å². The van der Waals surface area contributed by atoms with Crippen LogP contribution in [0.3, 0.4) is 0 Å². The van der Waals surface area contributed by atoms with Crippen molar-refractivity contribution in [3.05, 3.63) is 35.4 Å². The summed E-state index contributed by atoms with van der Waals surface area (Å²) in [6.07, 6.45) is 4.77. The molecule has 1 aliphatic carbocycles. The van der Waals surface area contributed by atoms with Crippen molar-refractivity contribution >= 4 is 5.97 Å². The fourth-order valence-corrected chi connectivity index (χ4v) is 5.01. The molecular weight excluding hydrogens is 336 g/mol. The van der Waals surface area contributed by atoms with E-state index in [1.807, 2.05) is 14.0 Å². The Morgan fingerprint density at radius 2 is 2.00 bits per heavy atom. The summed E-state index contributed by atoms with van der Waals surface area (Å²) in [4.78, 5) is 16.2. The third-order valence-electron chi connectivity index (χ3n) is 7.05. The number of likely N-dealkylation sites (N-methyl/N-ethyl adjacent to an activating group) is 1. The highest BCUT2D eigenvalue weighted by Crippen LogP contribution is 2.43. The van der Waals surface area contributed by atoms with Gasteiger partial charge in [0.1, 0.15) is 6.04 Å². The molecule has 0 spiro atoms. The first kappa shape index (κ1) is 20.3. The predicted molar refractivity (Wildman–Crippen MR) is 110 cm³/mol. The Kier molecular flexibility index (Phi) is 6.59. The van der Waals surface area contributed by atoms with Gasteiger partial charge in [0.2, 0.25) is 0 Å². The second-order valence-electron chi connectivity index (χ2n) is 9.07. The lowest BCUT2D eigenvalue weighted by molar-refractivity contribution is -0.142. The maximum atomic E-state index is 11.5. The number of piperidine rings is 1. The molecule has 1 unspecified atom stereocenters. The molecule has 4 heteroatoms. The number of benzene rings is 1. The van der Waals surface area contributed by atoms with Gasteiger partial charge in [0.15, 0.2) is 0 Å². The summed E-state index contributed by atoms with van der Waals surface area (Å²) < 4.78 is 0. The van der Waals surface area contributed by atoms with Crippen molar-refractivity contribution < 1.29 is 9.90 Å². The summed E-state index contributed by atoms with van der Waals surface area (Å²) >= 11 is 0. The van der Waals surface area contributed by atoms with Gasteiger partial charge in [-0.3, -0.25) is 9.69 Å². The van der Waals surface area contributed by atoms with E-state index in [-0.39, 0.29) is 0 Å². The van der Waals surface area contributed by atoms with Crippen LogP contribution in [-0.4, -0.2) is 59.6 Å². The number of hydrogen-bond acceptors (Lipinski definition) is 3. The predicted octanol–water partition coefficient (Wildman–Crippen LogP) is 3.99. The molecule has 0 amide bonds. The van der Waals surface area contributed by atoms with Crippen LogP contribution in [-0.2, 0) is 4.79 Å². The average molecular weight is 373 g/mol. The molecule has 4 nitrogen and oxygen atoms in total. The summed E-state index contributed by atoms with van der Waals surface area (Å²) in [5, 5.41) is 9.43. The van der Waals surface area contributed by atoms with Gasteiger partial charge in [-0.1, -0.05) is 36.8 Å². The van der Waals surface area contributed by atoms with E-state index in [0.29, 0.717) is 17.9 Å². The Morgan fingerprint density at radius 3 is 2.63 bits per heavy atom. The van der Waals surface area contributed by atoms with Crippen LogP contribution in [0.2, 0.25) is 0 Å². The molecule has 1 heterocycles. The topological polar surface area (TPSA) is 43.8 Å². The van der Waals surface area contributed by atoms with Gasteiger partial charge in [-0.05, 0) is 83.0 Å². The number of aryl methyl sites for hydroxylation is 1. The molecule has 1 aliphatic heterocycles. The third kappa shape index (κ3) is 4.91. The number of carbonyl (C=O) groups is 1. The molecule has 2 aliphatic rings. The van der Waals surface area contributed by atoms with Crippen molar-refractivity contribution in [2.75, 3.05) is 26.7 Å². The van der Waals surface area contributed by atoms with Gasteiger partial charge in [0.05, 0.1) is 0 Å². The van der Waals surface area contributed by atoms with Gasteiger partial charge in [0.25, 0.3) is 0 Å². The minimum atomic E-state index is -0.724. The first-order valence-corrected chi connectivity index (χ1v) is 10.6. The molecule has 0 radical (unpaired) electrons. The zero-order valence-electron chi connectivity index (χ0n) is 17.4. The van der Waals surface area contributed by atoms with Crippen LogP contribution in [0.1, 0.15) is 56.6 Å². The SMILES string of the molecule is Cc1cccc([C@H]2CC(N(C)[C@H](C)C(=O)O)C[C@@H]2CN2CCC(C)CC2)c1. The smallest absolute Gasteiger partial charge is 0.320 e. The van der Waals surface area contributed by atoms with Crippen LogP contribution in [0, 0.1) is 18.8 Å². The monoisotopic (exact) mass is 372 g/mol.